The predicted octanol–water partition coefficient (Wildman–Crippen LogP) is 3.30. The number of nitrogen functional groups attached to an aromatic ring is 2. The van der Waals surface area contributed by atoms with Crippen LogP contribution in [0.4, 0.5) is 27.5 Å². The van der Waals surface area contributed by atoms with E-state index in [2.05, 4.69) is 15.6 Å². The average Bonchev–Trinajstić information content (AvgIpc) is 2.86. The SMILES string of the molecule is COc1cc(C(N)=O)cc(N)c1NC/C=C/CNc1c(N)cc(C(N)=O)cc1OC(C)C/C=N/C(=O)OC(C)(C)C. The van der Waals surface area contributed by atoms with E-state index in [1.807, 2.05) is 12.2 Å². The molecule has 0 heterocycles. The number of anilines is 4. The molecule has 2 aromatic carbocycles. The highest BCUT2D eigenvalue weighted by Crippen LogP contribution is 2.34. The largest absolute Gasteiger partial charge is 0.494 e. The highest BCUT2D eigenvalue weighted by molar-refractivity contribution is 5.97. The van der Waals surface area contributed by atoms with Gasteiger partial charge in [-0.2, -0.15) is 4.99 Å². The summed E-state index contributed by atoms with van der Waals surface area (Å²) in [6.07, 6.45) is 4.26. The molecule has 0 aliphatic rings. The molecule has 0 saturated heterocycles. The van der Waals surface area contributed by atoms with E-state index in [-0.39, 0.29) is 23.2 Å². The Labute approximate surface area is 239 Å². The van der Waals surface area contributed by atoms with Crippen LogP contribution >= 0.6 is 0 Å². The summed E-state index contributed by atoms with van der Waals surface area (Å²) < 4.78 is 16.5. The third-order valence-electron chi connectivity index (χ3n) is 5.37. The number of amides is 3. The van der Waals surface area contributed by atoms with Gasteiger partial charge >= 0.3 is 6.09 Å². The molecule has 0 radical (unpaired) electrons. The van der Waals surface area contributed by atoms with Crippen LogP contribution in [0, 0.1) is 0 Å². The van der Waals surface area contributed by atoms with Crippen molar-refractivity contribution in [1.29, 1.82) is 0 Å². The van der Waals surface area contributed by atoms with Gasteiger partial charge in [0.15, 0.2) is 0 Å². The number of rotatable bonds is 13. The number of nitrogens with zero attached hydrogens (tertiary/aromatic N) is 1. The molecule has 0 aromatic heterocycles. The lowest BCUT2D eigenvalue weighted by atomic mass is 10.1. The van der Waals surface area contributed by atoms with Crippen LogP contribution in [-0.2, 0) is 4.74 Å². The number of ether oxygens (including phenoxy) is 3. The number of nitrogens with one attached hydrogen (secondary N) is 2. The minimum Gasteiger partial charge on any atom is -0.494 e. The fourth-order valence-corrected chi connectivity index (χ4v) is 3.51. The van der Waals surface area contributed by atoms with Crippen LogP contribution < -0.4 is 43.0 Å². The molecule has 3 amide bonds. The third-order valence-corrected chi connectivity index (χ3v) is 5.37. The van der Waals surface area contributed by atoms with Gasteiger partial charge in [-0.3, -0.25) is 9.59 Å². The second-order valence-electron chi connectivity index (χ2n) is 10.00. The van der Waals surface area contributed by atoms with Crippen LogP contribution in [0.5, 0.6) is 11.5 Å². The van der Waals surface area contributed by atoms with Gasteiger partial charge in [0.2, 0.25) is 11.8 Å². The molecule has 0 spiro atoms. The number of benzene rings is 2. The first-order chi connectivity index (χ1) is 19.2. The summed E-state index contributed by atoms with van der Waals surface area (Å²) in [6.45, 7) is 7.79. The van der Waals surface area contributed by atoms with Crippen molar-refractivity contribution in [3.8, 4) is 11.5 Å². The Hall–Kier alpha value is -4.94. The molecular weight excluding hydrogens is 530 g/mol. The van der Waals surface area contributed by atoms with E-state index >= 15 is 0 Å². The average molecular weight is 570 g/mol. The van der Waals surface area contributed by atoms with Crippen molar-refractivity contribution in [3.05, 3.63) is 47.5 Å². The first kappa shape index (κ1) is 32.3. The zero-order chi connectivity index (χ0) is 30.7. The molecule has 13 heteroatoms. The van der Waals surface area contributed by atoms with Crippen LogP contribution in [0.25, 0.3) is 0 Å². The molecule has 2 rings (SSSR count). The van der Waals surface area contributed by atoms with Gasteiger partial charge in [0.05, 0.1) is 18.5 Å². The number of carbonyl (C=O) groups is 3. The third kappa shape index (κ3) is 10.3. The number of nitrogens with two attached hydrogens (primary N) is 4. The molecule has 2 aromatic rings. The zero-order valence-electron chi connectivity index (χ0n) is 23.9. The standard InChI is InChI=1S/C28H39N7O6/c1-16(8-11-35-27(38)41-28(2,3)4)40-22-15-18(26(32)37)13-20(30)24(22)34-10-7-6-9-33-23-19(29)12-17(25(31)36)14-21(23)39-5/h6-7,11-16,33-34H,8-10,29-30H2,1-5H3,(H2,31,36)(H2,32,37)/b7-6+,35-11+. The van der Waals surface area contributed by atoms with Gasteiger partial charge in [0.1, 0.15) is 34.6 Å². The van der Waals surface area contributed by atoms with Crippen LogP contribution in [-0.4, -0.2) is 56.0 Å². The smallest absolute Gasteiger partial charge is 0.433 e. The maximum absolute atomic E-state index is 11.8. The van der Waals surface area contributed by atoms with Crippen molar-refractivity contribution < 1.29 is 28.6 Å². The number of carbonyl (C=O) groups excluding carboxylic acids is 3. The Morgan fingerprint density at radius 1 is 0.902 bits per heavy atom. The molecule has 222 valence electrons. The summed E-state index contributed by atoms with van der Waals surface area (Å²) in [5, 5.41) is 6.32. The van der Waals surface area contributed by atoms with E-state index in [1.165, 1.54) is 37.6 Å². The summed E-state index contributed by atoms with van der Waals surface area (Å²) in [7, 11) is 1.47. The van der Waals surface area contributed by atoms with E-state index in [4.69, 9.17) is 37.1 Å². The van der Waals surface area contributed by atoms with Gasteiger partial charge in [-0.15, -0.1) is 0 Å². The number of methoxy groups -OCH3 is 1. The number of hydrogen-bond acceptors (Lipinski definition) is 10. The predicted molar refractivity (Wildman–Crippen MR) is 161 cm³/mol. The van der Waals surface area contributed by atoms with Gasteiger partial charge in [0.25, 0.3) is 0 Å². The fourth-order valence-electron chi connectivity index (χ4n) is 3.51. The minimum atomic E-state index is -0.697. The Morgan fingerprint density at radius 2 is 1.39 bits per heavy atom. The monoisotopic (exact) mass is 569 g/mol. The molecular formula is C28H39N7O6. The summed E-state index contributed by atoms with van der Waals surface area (Å²) in [5.41, 5.74) is 24.4. The summed E-state index contributed by atoms with van der Waals surface area (Å²) >= 11 is 0. The van der Waals surface area contributed by atoms with E-state index in [0.717, 1.165) is 0 Å². The number of aliphatic imine (C=N–C) groups is 1. The van der Waals surface area contributed by atoms with Crippen molar-refractivity contribution in [2.75, 3.05) is 42.3 Å². The molecule has 0 aliphatic heterocycles. The summed E-state index contributed by atoms with van der Waals surface area (Å²) in [4.78, 5) is 38.8. The molecule has 0 fully saturated rings. The summed E-state index contributed by atoms with van der Waals surface area (Å²) in [6, 6.07) is 5.94. The molecule has 41 heavy (non-hydrogen) atoms. The van der Waals surface area contributed by atoms with Gasteiger partial charge in [-0.1, -0.05) is 12.2 Å². The number of primary amides is 2. The normalized spacial score (nSPS) is 12.2. The van der Waals surface area contributed by atoms with Crippen LogP contribution in [0.1, 0.15) is 54.8 Å². The highest BCUT2D eigenvalue weighted by atomic mass is 16.6. The maximum Gasteiger partial charge on any atom is 0.433 e. The molecule has 0 saturated carbocycles. The Balaban J connectivity index is 2.05. The fraction of sp³-hybridized carbons (Fsp3) is 0.357. The Morgan fingerprint density at radius 3 is 1.85 bits per heavy atom. The van der Waals surface area contributed by atoms with E-state index in [9.17, 15) is 14.4 Å². The first-order valence-corrected chi connectivity index (χ1v) is 12.8. The maximum atomic E-state index is 11.8. The van der Waals surface area contributed by atoms with Crippen molar-refractivity contribution in [2.45, 2.75) is 45.8 Å². The van der Waals surface area contributed by atoms with E-state index in [1.54, 1.807) is 27.7 Å². The topological polar surface area (TPSA) is 219 Å². The zero-order valence-corrected chi connectivity index (χ0v) is 23.9. The summed E-state index contributed by atoms with van der Waals surface area (Å²) in [5.74, 6) is -0.561. The lowest BCUT2D eigenvalue weighted by Crippen LogP contribution is -2.22. The van der Waals surface area contributed by atoms with Crippen LogP contribution in [0.3, 0.4) is 0 Å². The molecule has 1 atom stereocenters. The Bertz CT molecular complexity index is 1320. The van der Waals surface area contributed by atoms with Crippen LogP contribution in [0.2, 0.25) is 0 Å². The quantitative estimate of drug-likeness (QED) is 0.117. The lowest BCUT2D eigenvalue weighted by Gasteiger charge is -2.19. The second-order valence-corrected chi connectivity index (χ2v) is 10.00. The number of hydrogen-bond donors (Lipinski definition) is 6. The van der Waals surface area contributed by atoms with E-state index < -0.39 is 29.6 Å². The lowest BCUT2D eigenvalue weighted by molar-refractivity contribution is 0.0604. The minimum absolute atomic E-state index is 0.186. The first-order valence-electron chi connectivity index (χ1n) is 12.8. The molecule has 0 aliphatic carbocycles. The van der Waals surface area contributed by atoms with E-state index in [0.29, 0.717) is 41.7 Å². The van der Waals surface area contributed by atoms with Gasteiger partial charge in [0, 0.05) is 36.9 Å². The van der Waals surface area contributed by atoms with Gasteiger partial charge in [-0.25, -0.2) is 4.79 Å². The molecule has 10 N–H and O–H groups in total. The highest BCUT2D eigenvalue weighted by Gasteiger charge is 2.17. The molecule has 13 nitrogen and oxygen atoms in total. The van der Waals surface area contributed by atoms with Gasteiger partial charge in [-0.05, 0) is 52.0 Å². The Kier molecular flexibility index (Phi) is 11.4. The van der Waals surface area contributed by atoms with Crippen molar-refractivity contribution in [2.24, 2.45) is 16.5 Å². The second kappa shape index (κ2) is 14.4. The van der Waals surface area contributed by atoms with Crippen molar-refractivity contribution in [1.82, 2.24) is 0 Å². The van der Waals surface area contributed by atoms with Crippen LogP contribution in [0.15, 0.2) is 41.4 Å². The van der Waals surface area contributed by atoms with Gasteiger partial charge < -0.3 is 47.8 Å². The van der Waals surface area contributed by atoms with Crippen molar-refractivity contribution in [3.63, 3.8) is 0 Å². The molecule has 0 bridgehead atoms. The van der Waals surface area contributed by atoms with Crippen molar-refractivity contribution >= 4 is 46.9 Å². The molecule has 1 unspecified atom stereocenters.